The minimum absolute atomic E-state index is 0.503. The molecule has 0 amide bonds. The van der Waals surface area contributed by atoms with Gasteiger partial charge in [-0.1, -0.05) is 54.6 Å². The van der Waals surface area contributed by atoms with Gasteiger partial charge in [-0.2, -0.15) is 9.97 Å². The first-order valence-corrected chi connectivity index (χ1v) is 11.3. The van der Waals surface area contributed by atoms with E-state index in [1.54, 1.807) is 0 Å². The van der Waals surface area contributed by atoms with Gasteiger partial charge in [-0.25, -0.2) is 0 Å². The standard InChI is InChI=1S/C24H26N6OS/c32-24(25-15-18-6-2-1-3-7-18)28-23-26-21(29-10-12-31-13-11-29)14-22(27-23)30-16-19-8-4-5-9-20(19)17-30/h1-9,14H,10-13,15-17H2,(H2,25,26,27,28,32). The molecule has 1 fully saturated rings. The van der Waals surface area contributed by atoms with E-state index in [2.05, 4.69) is 62.9 Å². The van der Waals surface area contributed by atoms with Crippen LogP contribution in [0.5, 0.6) is 0 Å². The highest BCUT2D eigenvalue weighted by atomic mass is 32.1. The van der Waals surface area contributed by atoms with Crippen LogP contribution in [0, 0.1) is 0 Å². The number of aromatic nitrogens is 2. The number of fused-ring (bicyclic) bond motifs is 1. The van der Waals surface area contributed by atoms with Crippen molar-refractivity contribution in [1.29, 1.82) is 0 Å². The molecule has 2 aromatic carbocycles. The molecule has 0 atom stereocenters. The van der Waals surface area contributed by atoms with Crippen molar-refractivity contribution in [2.24, 2.45) is 0 Å². The number of anilines is 3. The third kappa shape index (κ3) is 4.81. The molecular formula is C24H26N6OS. The van der Waals surface area contributed by atoms with Gasteiger partial charge in [0, 0.05) is 38.8 Å². The number of ether oxygens (including phenoxy) is 1. The van der Waals surface area contributed by atoms with Crippen LogP contribution in [0.1, 0.15) is 16.7 Å². The maximum absolute atomic E-state index is 5.52. The van der Waals surface area contributed by atoms with Crippen molar-refractivity contribution in [3.8, 4) is 0 Å². The normalized spacial score (nSPS) is 15.4. The molecule has 0 saturated carbocycles. The van der Waals surface area contributed by atoms with Crippen LogP contribution < -0.4 is 20.4 Å². The van der Waals surface area contributed by atoms with Gasteiger partial charge in [0.25, 0.3) is 0 Å². The van der Waals surface area contributed by atoms with Crippen LogP contribution >= 0.6 is 12.2 Å². The van der Waals surface area contributed by atoms with E-state index in [0.717, 1.165) is 43.4 Å². The Balaban J connectivity index is 1.35. The van der Waals surface area contributed by atoms with E-state index in [1.807, 2.05) is 18.2 Å². The molecule has 32 heavy (non-hydrogen) atoms. The Hall–Kier alpha value is -3.23. The average molecular weight is 447 g/mol. The number of thiocarbonyl (C=S) groups is 1. The first-order valence-electron chi connectivity index (χ1n) is 10.9. The first kappa shape index (κ1) is 20.7. The molecule has 5 rings (SSSR count). The molecule has 3 aromatic rings. The Kier molecular flexibility index (Phi) is 6.13. The number of nitrogens with one attached hydrogen (secondary N) is 2. The fraction of sp³-hybridized carbons (Fsp3) is 0.292. The predicted octanol–water partition coefficient (Wildman–Crippen LogP) is 3.32. The second-order valence-electron chi connectivity index (χ2n) is 7.93. The fourth-order valence-electron chi connectivity index (χ4n) is 4.01. The maximum Gasteiger partial charge on any atom is 0.232 e. The third-order valence-electron chi connectivity index (χ3n) is 5.72. The molecule has 8 heteroatoms. The topological polar surface area (TPSA) is 65.6 Å². The molecule has 2 aliphatic heterocycles. The van der Waals surface area contributed by atoms with Crippen LogP contribution in [0.2, 0.25) is 0 Å². The summed E-state index contributed by atoms with van der Waals surface area (Å²) in [4.78, 5) is 14.1. The van der Waals surface area contributed by atoms with Crippen LogP contribution in [0.3, 0.4) is 0 Å². The molecule has 0 radical (unpaired) electrons. The summed E-state index contributed by atoms with van der Waals surface area (Å²) in [6.07, 6.45) is 0. The van der Waals surface area contributed by atoms with Gasteiger partial charge >= 0.3 is 0 Å². The van der Waals surface area contributed by atoms with Gasteiger partial charge in [0.05, 0.1) is 13.2 Å². The van der Waals surface area contributed by atoms with E-state index in [1.165, 1.54) is 11.1 Å². The van der Waals surface area contributed by atoms with E-state index in [9.17, 15) is 0 Å². The molecule has 3 heterocycles. The van der Waals surface area contributed by atoms with Gasteiger partial charge < -0.3 is 25.2 Å². The quantitative estimate of drug-likeness (QED) is 0.579. The summed E-state index contributed by atoms with van der Waals surface area (Å²) in [5.74, 6) is 2.29. The van der Waals surface area contributed by atoms with E-state index in [-0.39, 0.29) is 0 Å². The summed E-state index contributed by atoms with van der Waals surface area (Å²) < 4.78 is 5.52. The largest absolute Gasteiger partial charge is 0.378 e. The summed E-state index contributed by atoms with van der Waals surface area (Å²) in [6, 6.07) is 20.8. The number of hydrogen-bond acceptors (Lipinski definition) is 6. The van der Waals surface area contributed by atoms with Crippen LogP contribution in [0.4, 0.5) is 17.6 Å². The van der Waals surface area contributed by atoms with Crippen LogP contribution in [-0.2, 0) is 24.4 Å². The zero-order valence-electron chi connectivity index (χ0n) is 17.8. The second kappa shape index (κ2) is 9.50. The SMILES string of the molecule is S=C(NCc1ccccc1)Nc1nc(N2CCOCC2)cc(N2Cc3ccccc3C2)n1. The van der Waals surface area contributed by atoms with E-state index in [0.29, 0.717) is 30.8 Å². The van der Waals surface area contributed by atoms with Crippen molar-refractivity contribution in [1.82, 2.24) is 15.3 Å². The Morgan fingerprint density at radius 1 is 0.875 bits per heavy atom. The monoisotopic (exact) mass is 446 g/mol. The second-order valence-corrected chi connectivity index (χ2v) is 8.33. The molecule has 1 saturated heterocycles. The van der Waals surface area contributed by atoms with E-state index in [4.69, 9.17) is 26.9 Å². The number of morpholine rings is 1. The minimum atomic E-state index is 0.503. The molecule has 2 aliphatic rings. The van der Waals surface area contributed by atoms with Crippen molar-refractivity contribution in [2.75, 3.05) is 41.4 Å². The number of rotatable bonds is 5. The molecule has 164 valence electrons. The Labute approximate surface area is 193 Å². The van der Waals surface area contributed by atoms with E-state index < -0.39 is 0 Å². The van der Waals surface area contributed by atoms with Crippen LogP contribution in [0.15, 0.2) is 60.7 Å². The van der Waals surface area contributed by atoms with Crippen molar-refractivity contribution < 1.29 is 4.74 Å². The lowest BCUT2D eigenvalue weighted by atomic mass is 10.1. The Morgan fingerprint density at radius 2 is 1.50 bits per heavy atom. The molecule has 1 aromatic heterocycles. The summed E-state index contributed by atoms with van der Waals surface area (Å²) in [6.45, 7) is 5.35. The van der Waals surface area contributed by atoms with Crippen molar-refractivity contribution in [3.05, 3.63) is 77.4 Å². The predicted molar refractivity (Wildman–Crippen MR) is 131 cm³/mol. The van der Waals surface area contributed by atoms with Gasteiger partial charge in [-0.15, -0.1) is 0 Å². The highest BCUT2D eigenvalue weighted by Crippen LogP contribution is 2.29. The summed E-state index contributed by atoms with van der Waals surface area (Å²) >= 11 is 5.52. The maximum atomic E-state index is 5.52. The van der Waals surface area contributed by atoms with Gasteiger partial charge in [-0.3, -0.25) is 0 Å². The number of hydrogen-bond donors (Lipinski definition) is 2. The summed E-state index contributed by atoms with van der Waals surface area (Å²) in [5.41, 5.74) is 3.84. The van der Waals surface area contributed by atoms with Crippen molar-refractivity contribution >= 4 is 34.9 Å². The molecule has 0 bridgehead atoms. The van der Waals surface area contributed by atoms with E-state index >= 15 is 0 Å². The minimum Gasteiger partial charge on any atom is -0.378 e. The van der Waals surface area contributed by atoms with Crippen molar-refractivity contribution in [3.63, 3.8) is 0 Å². The summed E-state index contributed by atoms with van der Waals surface area (Å²) in [7, 11) is 0. The number of benzene rings is 2. The molecule has 0 unspecified atom stereocenters. The van der Waals surface area contributed by atoms with Gasteiger partial charge in [-0.05, 0) is 28.9 Å². The Bertz CT molecular complexity index is 1060. The molecule has 0 spiro atoms. The lowest BCUT2D eigenvalue weighted by Gasteiger charge is -2.29. The van der Waals surface area contributed by atoms with Gasteiger partial charge in [0.2, 0.25) is 5.95 Å². The van der Waals surface area contributed by atoms with Gasteiger partial charge in [0.15, 0.2) is 5.11 Å². The van der Waals surface area contributed by atoms with Gasteiger partial charge in [0.1, 0.15) is 11.6 Å². The molecule has 0 aliphatic carbocycles. The Morgan fingerprint density at radius 3 is 2.19 bits per heavy atom. The highest BCUT2D eigenvalue weighted by Gasteiger charge is 2.23. The van der Waals surface area contributed by atoms with Crippen LogP contribution in [0.25, 0.3) is 0 Å². The zero-order chi connectivity index (χ0) is 21.8. The van der Waals surface area contributed by atoms with Crippen molar-refractivity contribution in [2.45, 2.75) is 19.6 Å². The highest BCUT2D eigenvalue weighted by molar-refractivity contribution is 7.80. The molecule has 2 N–H and O–H groups in total. The zero-order valence-corrected chi connectivity index (χ0v) is 18.6. The first-order chi connectivity index (χ1) is 15.7. The lowest BCUT2D eigenvalue weighted by Crippen LogP contribution is -2.37. The molecule has 7 nitrogen and oxygen atoms in total. The fourth-order valence-corrected chi connectivity index (χ4v) is 4.18. The smallest absolute Gasteiger partial charge is 0.232 e. The average Bonchev–Trinajstić information content (AvgIpc) is 3.28. The lowest BCUT2D eigenvalue weighted by molar-refractivity contribution is 0.122. The third-order valence-corrected chi connectivity index (χ3v) is 5.97. The van der Waals surface area contributed by atoms with Crippen LogP contribution in [-0.4, -0.2) is 41.4 Å². The summed E-state index contributed by atoms with van der Waals surface area (Å²) in [5, 5.41) is 6.94. The number of nitrogens with zero attached hydrogens (tertiary/aromatic N) is 4. The molecular weight excluding hydrogens is 420 g/mol.